The molecule has 3 nitrogen and oxygen atoms in total. The highest BCUT2D eigenvalue weighted by molar-refractivity contribution is 5.31. The lowest BCUT2D eigenvalue weighted by Crippen LogP contribution is -2.50. The van der Waals surface area contributed by atoms with E-state index in [2.05, 4.69) is 12.3 Å². The van der Waals surface area contributed by atoms with Crippen molar-refractivity contribution in [3.8, 4) is 0 Å². The molecule has 0 heterocycles. The molecule has 0 spiro atoms. The molecule has 0 bridgehead atoms. The Bertz CT molecular complexity index is 499. The number of aryl methyl sites for hydroxylation is 1. The van der Waals surface area contributed by atoms with Crippen LogP contribution in [0.1, 0.15) is 49.8 Å². The van der Waals surface area contributed by atoms with E-state index in [9.17, 15) is 8.78 Å². The second kappa shape index (κ2) is 6.38. The van der Waals surface area contributed by atoms with Crippen LogP contribution >= 0.6 is 0 Å². The van der Waals surface area contributed by atoms with Crippen LogP contribution in [0, 0.1) is 24.5 Å². The predicted octanol–water partition coefficient (Wildman–Crippen LogP) is 3.37. The molecule has 3 N–H and O–H groups in total. The largest absolute Gasteiger partial charge is 0.376 e. The van der Waals surface area contributed by atoms with Gasteiger partial charge in [0.25, 0.3) is 0 Å². The maximum Gasteiger partial charge on any atom is 0.133 e. The molecule has 0 aliphatic heterocycles. The van der Waals surface area contributed by atoms with E-state index in [-0.39, 0.29) is 5.56 Å². The van der Waals surface area contributed by atoms with E-state index in [1.807, 2.05) is 0 Å². The van der Waals surface area contributed by atoms with E-state index in [0.29, 0.717) is 11.5 Å². The molecule has 1 aromatic carbocycles. The second-order valence-corrected chi connectivity index (χ2v) is 6.14. The third kappa shape index (κ3) is 2.96. The number of hydrazine groups is 1. The van der Waals surface area contributed by atoms with Crippen molar-refractivity contribution in [3.05, 3.63) is 34.9 Å². The Hall–Kier alpha value is -1.04. The first-order chi connectivity index (χ1) is 9.95. The van der Waals surface area contributed by atoms with Crippen molar-refractivity contribution in [2.24, 2.45) is 11.8 Å². The third-order valence-corrected chi connectivity index (χ3v) is 4.83. The zero-order valence-corrected chi connectivity index (χ0v) is 12.9. The van der Waals surface area contributed by atoms with E-state index in [1.165, 1.54) is 12.1 Å². The minimum Gasteiger partial charge on any atom is -0.376 e. The molecule has 0 amide bonds. The first kappa shape index (κ1) is 16.3. The minimum absolute atomic E-state index is 0.0195. The van der Waals surface area contributed by atoms with Gasteiger partial charge in [0.1, 0.15) is 11.6 Å². The van der Waals surface area contributed by atoms with Crippen LogP contribution in [0.2, 0.25) is 0 Å². The van der Waals surface area contributed by atoms with E-state index < -0.39 is 23.3 Å². The fourth-order valence-corrected chi connectivity index (χ4v) is 3.30. The number of methoxy groups -OCH3 is 1. The molecule has 1 aliphatic rings. The van der Waals surface area contributed by atoms with Gasteiger partial charge in [0.2, 0.25) is 0 Å². The van der Waals surface area contributed by atoms with Gasteiger partial charge in [-0.3, -0.25) is 5.84 Å². The Kier molecular flexibility index (Phi) is 4.96. The van der Waals surface area contributed by atoms with Gasteiger partial charge in [-0.1, -0.05) is 13.0 Å². The molecule has 0 radical (unpaired) electrons. The molecule has 21 heavy (non-hydrogen) atoms. The molecule has 1 fully saturated rings. The van der Waals surface area contributed by atoms with Gasteiger partial charge >= 0.3 is 0 Å². The Balaban J connectivity index is 2.45. The SMILES string of the molecule is COC1(C(NN)c2c(F)ccc(C)c2F)CCC(C)CC1. The topological polar surface area (TPSA) is 47.3 Å². The lowest BCUT2D eigenvalue weighted by atomic mass is 9.73. The number of hydrogen-bond acceptors (Lipinski definition) is 3. The van der Waals surface area contributed by atoms with Crippen LogP contribution in [0.15, 0.2) is 12.1 Å². The molecule has 2 rings (SSSR count). The molecular formula is C16H24F2N2O. The summed E-state index contributed by atoms with van der Waals surface area (Å²) in [7, 11) is 1.59. The molecular weight excluding hydrogens is 274 g/mol. The van der Waals surface area contributed by atoms with Crippen molar-refractivity contribution >= 4 is 0 Å². The van der Waals surface area contributed by atoms with Crippen LogP contribution in [0.4, 0.5) is 8.78 Å². The van der Waals surface area contributed by atoms with Gasteiger partial charge in [-0.05, 0) is 50.2 Å². The third-order valence-electron chi connectivity index (χ3n) is 4.83. The van der Waals surface area contributed by atoms with Crippen LogP contribution in [0.5, 0.6) is 0 Å². The van der Waals surface area contributed by atoms with Crippen LogP contribution in [-0.4, -0.2) is 12.7 Å². The number of rotatable bonds is 4. The van der Waals surface area contributed by atoms with Crippen molar-refractivity contribution in [2.75, 3.05) is 7.11 Å². The van der Waals surface area contributed by atoms with Crippen LogP contribution in [-0.2, 0) is 4.74 Å². The van der Waals surface area contributed by atoms with Crippen molar-refractivity contribution in [1.29, 1.82) is 0 Å². The van der Waals surface area contributed by atoms with Gasteiger partial charge in [-0.25, -0.2) is 14.2 Å². The van der Waals surface area contributed by atoms with E-state index >= 15 is 0 Å². The van der Waals surface area contributed by atoms with E-state index in [0.717, 1.165) is 25.7 Å². The summed E-state index contributed by atoms with van der Waals surface area (Å²) < 4.78 is 34.4. The highest BCUT2D eigenvalue weighted by Gasteiger charge is 2.44. The molecule has 0 saturated heterocycles. The molecule has 1 saturated carbocycles. The van der Waals surface area contributed by atoms with E-state index in [1.54, 1.807) is 14.0 Å². The molecule has 118 valence electrons. The molecule has 1 aliphatic carbocycles. The van der Waals surface area contributed by atoms with Crippen molar-refractivity contribution < 1.29 is 13.5 Å². The number of hydrogen-bond donors (Lipinski definition) is 2. The van der Waals surface area contributed by atoms with Crippen molar-refractivity contribution in [3.63, 3.8) is 0 Å². The van der Waals surface area contributed by atoms with Crippen LogP contribution in [0.25, 0.3) is 0 Å². The summed E-state index contributed by atoms with van der Waals surface area (Å²) in [6, 6.07) is 2.02. The fraction of sp³-hybridized carbons (Fsp3) is 0.625. The highest BCUT2D eigenvalue weighted by atomic mass is 19.1. The quantitative estimate of drug-likeness (QED) is 0.662. The number of benzene rings is 1. The monoisotopic (exact) mass is 298 g/mol. The summed E-state index contributed by atoms with van der Waals surface area (Å²) in [6.07, 6.45) is 3.38. The van der Waals surface area contributed by atoms with Gasteiger partial charge in [-0.15, -0.1) is 0 Å². The van der Waals surface area contributed by atoms with Gasteiger partial charge in [0, 0.05) is 12.7 Å². The van der Waals surface area contributed by atoms with Gasteiger partial charge in [0.15, 0.2) is 0 Å². The molecule has 1 atom stereocenters. The van der Waals surface area contributed by atoms with Crippen molar-refractivity contribution in [2.45, 2.75) is 51.2 Å². The summed E-state index contributed by atoms with van der Waals surface area (Å²) in [5, 5.41) is 0. The summed E-state index contributed by atoms with van der Waals surface area (Å²) in [5.41, 5.74) is 2.31. The Morgan fingerprint density at radius 3 is 2.48 bits per heavy atom. The van der Waals surface area contributed by atoms with Crippen LogP contribution < -0.4 is 11.3 Å². The smallest absolute Gasteiger partial charge is 0.133 e. The van der Waals surface area contributed by atoms with Gasteiger partial charge in [0.05, 0.1) is 11.6 Å². The zero-order valence-electron chi connectivity index (χ0n) is 12.9. The predicted molar refractivity (Wildman–Crippen MR) is 78.5 cm³/mol. The zero-order chi connectivity index (χ0) is 15.6. The average molecular weight is 298 g/mol. The minimum atomic E-state index is -0.699. The number of nitrogens with one attached hydrogen (secondary N) is 1. The lowest BCUT2D eigenvalue weighted by Gasteiger charge is -2.44. The van der Waals surface area contributed by atoms with Gasteiger partial charge < -0.3 is 4.74 Å². The summed E-state index contributed by atoms with van der Waals surface area (Å²) in [6.45, 7) is 3.80. The molecule has 0 aromatic heterocycles. The molecule has 5 heteroatoms. The highest BCUT2D eigenvalue weighted by Crippen LogP contribution is 2.43. The number of ether oxygens (including phenoxy) is 1. The lowest BCUT2D eigenvalue weighted by molar-refractivity contribution is -0.0776. The Morgan fingerprint density at radius 2 is 1.95 bits per heavy atom. The maximum atomic E-state index is 14.4. The number of halogens is 2. The summed E-state index contributed by atoms with van der Waals surface area (Å²) in [4.78, 5) is 0. The normalized spacial score (nSPS) is 27.6. The van der Waals surface area contributed by atoms with Gasteiger partial charge in [-0.2, -0.15) is 0 Å². The summed E-state index contributed by atoms with van der Waals surface area (Å²) in [5.74, 6) is 5.12. The fourth-order valence-electron chi connectivity index (χ4n) is 3.30. The van der Waals surface area contributed by atoms with Crippen molar-refractivity contribution in [1.82, 2.24) is 5.43 Å². The first-order valence-electron chi connectivity index (χ1n) is 7.41. The molecule has 1 aromatic rings. The first-order valence-corrected chi connectivity index (χ1v) is 7.41. The van der Waals surface area contributed by atoms with E-state index in [4.69, 9.17) is 10.6 Å². The standard InChI is InChI=1S/C16H24F2N2O/c1-10-6-8-16(21-3,9-7-10)15(20-19)13-12(17)5-4-11(2)14(13)18/h4-5,10,15,20H,6-9,19H2,1-3H3. The van der Waals surface area contributed by atoms with Crippen LogP contribution in [0.3, 0.4) is 0 Å². The molecule has 1 unspecified atom stereocenters. The number of nitrogens with two attached hydrogens (primary N) is 1. The second-order valence-electron chi connectivity index (χ2n) is 6.14. The Labute approximate surface area is 124 Å². The summed E-state index contributed by atoms with van der Waals surface area (Å²) >= 11 is 0. The Morgan fingerprint density at radius 1 is 1.33 bits per heavy atom. The average Bonchev–Trinajstić information content (AvgIpc) is 2.49. The maximum absolute atomic E-state index is 14.4.